The molecule has 1 unspecified atom stereocenters. The van der Waals surface area contributed by atoms with Crippen LogP contribution in [-0.2, 0) is 14.3 Å². The minimum atomic E-state index is -5.08. The Morgan fingerprint density at radius 3 is 2.33 bits per heavy atom. The lowest BCUT2D eigenvalue weighted by Gasteiger charge is -2.48. The summed E-state index contributed by atoms with van der Waals surface area (Å²) >= 11 is 0. The molecule has 1 spiro atoms. The third-order valence-corrected chi connectivity index (χ3v) is 5.26. The normalized spacial score (nSPS) is 27.5. The summed E-state index contributed by atoms with van der Waals surface area (Å²) < 4.78 is 37.3. The number of benzene rings is 1. The molecular formula is C17H16F3N3O7. The number of fused-ring (bicyclic) bond motifs is 2. The Labute approximate surface area is 166 Å². The number of nitrogens with zero attached hydrogens (tertiary/aromatic N) is 3. The van der Waals surface area contributed by atoms with Crippen molar-refractivity contribution in [2.75, 3.05) is 24.5 Å². The number of anilines is 1. The van der Waals surface area contributed by atoms with Gasteiger partial charge in [0.1, 0.15) is 0 Å². The van der Waals surface area contributed by atoms with Crippen LogP contribution in [0.2, 0.25) is 0 Å². The van der Waals surface area contributed by atoms with Gasteiger partial charge in [-0.15, -0.1) is 0 Å². The number of rotatable bonds is 2. The van der Waals surface area contributed by atoms with E-state index < -0.39 is 34.7 Å². The number of carbonyl (C=O) groups excluding carboxylic acids is 2. The Hall–Kier alpha value is -3.22. The topological polar surface area (TPSA) is 130 Å². The third-order valence-electron chi connectivity index (χ3n) is 5.26. The van der Waals surface area contributed by atoms with Gasteiger partial charge in [-0.05, 0) is 32.0 Å². The average Bonchev–Trinajstić information content (AvgIpc) is 2.92. The molecule has 1 atom stereocenters. The van der Waals surface area contributed by atoms with Crippen LogP contribution in [0.15, 0.2) is 24.3 Å². The molecule has 0 aliphatic carbocycles. The molecule has 162 valence electrons. The van der Waals surface area contributed by atoms with Crippen molar-refractivity contribution in [2.45, 2.75) is 24.6 Å². The zero-order valence-corrected chi connectivity index (χ0v) is 15.3. The number of carbonyl (C=O) groups is 3. The molecule has 2 amide bonds. The molecule has 5 rings (SSSR count). The second-order valence-corrected chi connectivity index (χ2v) is 7.03. The van der Waals surface area contributed by atoms with Gasteiger partial charge in [0.15, 0.2) is 0 Å². The van der Waals surface area contributed by atoms with Crippen molar-refractivity contribution in [1.29, 1.82) is 0 Å². The summed E-state index contributed by atoms with van der Waals surface area (Å²) in [4.78, 5) is 47.6. The number of halogens is 3. The number of non-ortho nitro benzene ring substituents is 1. The van der Waals surface area contributed by atoms with Crippen molar-refractivity contribution in [1.82, 2.24) is 4.90 Å². The second kappa shape index (κ2) is 7.55. The number of hydrogen-bond acceptors (Lipinski definition) is 7. The zero-order valence-electron chi connectivity index (χ0n) is 15.3. The van der Waals surface area contributed by atoms with Gasteiger partial charge >= 0.3 is 18.2 Å². The highest BCUT2D eigenvalue weighted by Crippen LogP contribution is 2.44. The quantitative estimate of drug-likeness (QED) is 0.557. The lowest BCUT2D eigenvalue weighted by atomic mass is 9.75. The van der Waals surface area contributed by atoms with E-state index in [0.29, 0.717) is 6.54 Å². The number of imide groups is 1. The van der Waals surface area contributed by atoms with Crippen LogP contribution in [-0.4, -0.2) is 64.3 Å². The van der Waals surface area contributed by atoms with E-state index in [-0.39, 0.29) is 17.3 Å². The molecule has 4 aliphatic rings. The van der Waals surface area contributed by atoms with Crippen molar-refractivity contribution < 1.29 is 42.3 Å². The molecule has 13 heteroatoms. The molecule has 4 heterocycles. The number of alkyl halides is 3. The number of nitro groups is 1. The first-order valence-corrected chi connectivity index (χ1v) is 8.80. The highest BCUT2D eigenvalue weighted by molar-refractivity contribution is 6.20. The maximum atomic E-state index is 12.9. The van der Waals surface area contributed by atoms with Crippen LogP contribution < -0.4 is 4.90 Å². The molecule has 10 nitrogen and oxygen atoms in total. The SMILES string of the molecule is O=C(O)C(F)(F)F.O=C1OC2(CN3CCC2CC3)C(=O)N1c1cccc([N+](=O)[O-])c1. The molecule has 4 saturated heterocycles. The van der Waals surface area contributed by atoms with Crippen LogP contribution in [0.5, 0.6) is 0 Å². The van der Waals surface area contributed by atoms with E-state index in [2.05, 4.69) is 4.90 Å². The fraction of sp³-hybridized carbons (Fsp3) is 0.471. The van der Waals surface area contributed by atoms with Crippen LogP contribution in [0.3, 0.4) is 0 Å². The van der Waals surface area contributed by atoms with Crippen LogP contribution in [0.4, 0.5) is 29.3 Å². The van der Waals surface area contributed by atoms with Gasteiger partial charge in [0, 0.05) is 24.6 Å². The van der Waals surface area contributed by atoms with Gasteiger partial charge in [0.25, 0.3) is 11.6 Å². The number of nitro benzene ring substituents is 1. The van der Waals surface area contributed by atoms with Crippen LogP contribution >= 0.6 is 0 Å². The van der Waals surface area contributed by atoms with Gasteiger partial charge in [-0.25, -0.2) is 14.5 Å². The summed E-state index contributed by atoms with van der Waals surface area (Å²) in [6.07, 6.45) is -4.19. The van der Waals surface area contributed by atoms with Gasteiger partial charge in [-0.1, -0.05) is 6.07 Å². The molecule has 30 heavy (non-hydrogen) atoms. The van der Waals surface area contributed by atoms with E-state index in [9.17, 15) is 32.9 Å². The Kier molecular flexibility index (Phi) is 5.41. The van der Waals surface area contributed by atoms with Crippen LogP contribution in [0.25, 0.3) is 0 Å². The number of piperidine rings is 3. The number of carboxylic acids is 1. The summed E-state index contributed by atoms with van der Waals surface area (Å²) in [6.45, 7) is 2.23. The maximum Gasteiger partial charge on any atom is 0.490 e. The van der Waals surface area contributed by atoms with Crippen LogP contribution in [0.1, 0.15) is 12.8 Å². The molecule has 4 fully saturated rings. The lowest BCUT2D eigenvalue weighted by Crippen LogP contribution is -2.63. The number of aliphatic carboxylic acids is 1. The van der Waals surface area contributed by atoms with E-state index in [1.165, 1.54) is 24.3 Å². The number of hydrogen-bond donors (Lipinski definition) is 1. The predicted molar refractivity (Wildman–Crippen MR) is 92.6 cm³/mol. The average molecular weight is 431 g/mol. The zero-order chi connectivity index (χ0) is 22.3. The van der Waals surface area contributed by atoms with Gasteiger partial charge < -0.3 is 9.84 Å². The van der Waals surface area contributed by atoms with Gasteiger partial charge in [-0.2, -0.15) is 13.2 Å². The first-order chi connectivity index (χ1) is 14.0. The molecule has 1 aromatic rings. The van der Waals surface area contributed by atoms with Crippen LogP contribution in [0, 0.1) is 16.0 Å². The minimum Gasteiger partial charge on any atom is -0.475 e. The third kappa shape index (κ3) is 3.79. The Morgan fingerprint density at radius 2 is 1.87 bits per heavy atom. The standard InChI is InChI=1S/C15H15N3O5.C2HF3O2/c19-13-15(9-16-6-4-10(15)5-7-16)23-14(20)17(13)11-2-1-3-12(8-11)18(21)22;3-2(4,5)1(6)7/h1-3,8,10H,4-7,9H2;(H,6,7). The molecule has 2 bridgehead atoms. The fourth-order valence-electron chi connectivity index (χ4n) is 3.86. The van der Waals surface area contributed by atoms with Crippen molar-refractivity contribution in [3.63, 3.8) is 0 Å². The predicted octanol–water partition coefficient (Wildman–Crippen LogP) is 2.18. The molecule has 0 saturated carbocycles. The van der Waals surface area contributed by atoms with E-state index >= 15 is 0 Å². The first kappa shape index (κ1) is 21.5. The molecule has 0 aromatic heterocycles. The maximum absolute atomic E-state index is 12.9. The van der Waals surface area contributed by atoms with E-state index in [4.69, 9.17) is 14.6 Å². The van der Waals surface area contributed by atoms with E-state index in [1.807, 2.05) is 0 Å². The van der Waals surface area contributed by atoms with E-state index in [0.717, 1.165) is 30.8 Å². The largest absolute Gasteiger partial charge is 0.490 e. The fourth-order valence-corrected chi connectivity index (χ4v) is 3.86. The summed E-state index contributed by atoms with van der Waals surface area (Å²) in [6, 6.07) is 5.50. The van der Waals surface area contributed by atoms with Crippen molar-refractivity contribution in [3.8, 4) is 0 Å². The second-order valence-electron chi connectivity index (χ2n) is 7.03. The number of amides is 2. The molecule has 4 aliphatic heterocycles. The summed E-state index contributed by atoms with van der Waals surface area (Å²) in [7, 11) is 0. The van der Waals surface area contributed by atoms with Gasteiger partial charge in [0.05, 0.1) is 10.6 Å². The lowest BCUT2D eigenvalue weighted by molar-refractivity contribution is -0.384. The molecule has 0 radical (unpaired) electrons. The molecule has 1 N–H and O–H groups in total. The summed E-state index contributed by atoms with van der Waals surface area (Å²) in [5.41, 5.74) is -1.11. The highest BCUT2D eigenvalue weighted by Gasteiger charge is 2.62. The first-order valence-electron chi connectivity index (χ1n) is 8.80. The minimum absolute atomic E-state index is 0.0210. The Balaban J connectivity index is 0.000000318. The van der Waals surface area contributed by atoms with Gasteiger partial charge in [-0.3, -0.25) is 19.8 Å². The monoisotopic (exact) mass is 431 g/mol. The van der Waals surface area contributed by atoms with Crippen molar-refractivity contribution in [3.05, 3.63) is 34.4 Å². The number of carboxylic acid groups (broad SMARTS) is 1. The van der Waals surface area contributed by atoms with E-state index in [1.54, 1.807) is 0 Å². The van der Waals surface area contributed by atoms with Crippen molar-refractivity contribution >= 4 is 29.3 Å². The summed E-state index contributed by atoms with van der Waals surface area (Å²) in [5, 5.41) is 18.0. The Bertz CT molecular complexity index is 899. The smallest absolute Gasteiger partial charge is 0.475 e. The number of ether oxygens (including phenoxy) is 1. The molecular weight excluding hydrogens is 415 g/mol. The van der Waals surface area contributed by atoms with Gasteiger partial charge in [0.2, 0.25) is 5.60 Å². The Morgan fingerprint density at radius 1 is 1.27 bits per heavy atom. The highest BCUT2D eigenvalue weighted by atomic mass is 19.4. The van der Waals surface area contributed by atoms with Crippen molar-refractivity contribution in [2.24, 2.45) is 5.92 Å². The molecule has 1 aromatic carbocycles. The summed E-state index contributed by atoms with van der Waals surface area (Å²) in [5.74, 6) is -3.14.